The highest BCUT2D eigenvalue weighted by Gasteiger charge is 2.04. The highest BCUT2D eigenvalue weighted by molar-refractivity contribution is 5.66. The van der Waals surface area contributed by atoms with Crippen molar-refractivity contribution in [3.05, 3.63) is 72.4 Å². The number of benzene rings is 1. The van der Waals surface area contributed by atoms with Crippen LogP contribution in [-0.4, -0.2) is 40.5 Å². The Bertz CT molecular complexity index is 1070. The molecule has 0 bridgehead atoms. The summed E-state index contributed by atoms with van der Waals surface area (Å²) in [7, 11) is 0. The number of carboxylic acids is 2. The molecular weight excluding hydrogens is 677 g/mol. The summed E-state index contributed by atoms with van der Waals surface area (Å²) in [6, 6.07) is 5.76. The molecular formula is C47H76O7. The molecule has 0 atom stereocenters. The van der Waals surface area contributed by atoms with E-state index < -0.39 is 11.9 Å². The maximum atomic E-state index is 10.5. The Hall–Kier alpha value is -3.32. The quantitative estimate of drug-likeness (QED) is 0.0453. The smallest absolute Gasteiger partial charge is 0.303 e. The van der Waals surface area contributed by atoms with Crippen LogP contribution in [0.3, 0.4) is 0 Å². The lowest BCUT2D eigenvalue weighted by Crippen LogP contribution is -2.01. The van der Waals surface area contributed by atoms with Crippen molar-refractivity contribution >= 4 is 11.9 Å². The fourth-order valence-corrected chi connectivity index (χ4v) is 6.21. The normalized spacial score (nSPS) is 11.9. The van der Waals surface area contributed by atoms with Crippen LogP contribution in [0.15, 0.2) is 66.8 Å². The van der Waals surface area contributed by atoms with Gasteiger partial charge in [-0.3, -0.25) is 9.59 Å². The van der Waals surface area contributed by atoms with E-state index in [1.54, 1.807) is 0 Å². The Morgan fingerprint density at radius 1 is 0.426 bits per heavy atom. The van der Waals surface area contributed by atoms with Gasteiger partial charge in [-0.15, -0.1) is 0 Å². The first kappa shape index (κ1) is 48.7. The number of aliphatic hydroxyl groups excluding tert-OH is 1. The number of ether oxygens (including phenoxy) is 2. The van der Waals surface area contributed by atoms with Crippen molar-refractivity contribution in [2.75, 3.05) is 13.2 Å². The fourth-order valence-electron chi connectivity index (χ4n) is 6.21. The largest absolute Gasteiger partial charge is 0.493 e. The summed E-state index contributed by atoms with van der Waals surface area (Å²) in [6.07, 6.45) is 47.7. The Kier molecular flexibility index (Phi) is 34.2. The van der Waals surface area contributed by atoms with E-state index in [0.717, 1.165) is 120 Å². The first-order valence-electron chi connectivity index (χ1n) is 21.5. The van der Waals surface area contributed by atoms with Crippen LogP contribution in [0.25, 0.3) is 0 Å². The Morgan fingerprint density at radius 2 is 0.741 bits per heavy atom. The monoisotopic (exact) mass is 753 g/mol. The van der Waals surface area contributed by atoms with Gasteiger partial charge in [-0.1, -0.05) is 126 Å². The third kappa shape index (κ3) is 34.4. The second-order valence-electron chi connectivity index (χ2n) is 14.5. The van der Waals surface area contributed by atoms with Crippen molar-refractivity contribution in [1.82, 2.24) is 0 Å². The standard InChI is InChI=1S/C47H76O7/c48-42-43-39-44(53-37-33-29-25-21-17-13-9-5-1-3-7-11-15-19-23-27-31-35-46(49)50)41-45(40-43)54-38-34-30-26-22-18-14-10-6-2-4-8-12-16-20-24-28-32-36-47(51)52/h3-10,39-41,48H,1-2,11-38,42H2,(H,49,50)(H,51,52)/b7-3-,8-4-,9-5-,10-6-. The van der Waals surface area contributed by atoms with E-state index in [9.17, 15) is 14.7 Å². The number of unbranched alkanes of at least 4 members (excludes halogenated alkanes) is 20. The molecule has 1 rings (SSSR count). The van der Waals surface area contributed by atoms with Crippen molar-refractivity contribution < 1.29 is 34.4 Å². The minimum absolute atomic E-state index is 0.0271. The molecule has 54 heavy (non-hydrogen) atoms. The molecule has 0 unspecified atom stereocenters. The second kappa shape index (κ2) is 38.0. The van der Waals surface area contributed by atoms with Crippen LogP contribution < -0.4 is 9.47 Å². The van der Waals surface area contributed by atoms with Gasteiger partial charge in [-0.05, 0) is 108 Å². The lowest BCUT2D eigenvalue weighted by molar-refractivity contribution is -0.138. The average Bonchev–Trinajstić information content (AvgIpc) is 3.16. The van der Waals surface area contributed by atoms with Crippen molar-refractivity contribution in [3.8, 4) is 11.5 Å². The summed E-state index contributed by atoms with van der Waals surface area (Å²) < 4.78 is 12.0. The van der Waals surface area contributed by atoms with E-state index in [0.29, 0.717) is 26.1 Å². The van der Waals surface area contributed by atoms with Crippen molar-refractivity contribution in [1.29, 1.82) is 0 Å². The maximum Gasteiger partial charge on any atom is 0.303 e. The SMILES string of the molecule is O=C(O)CCCCCCC/C=C\C/C=C\CCCCCCCOc1cc(CO)cc(OCCCCCCC/C=C\C/C=C\CCCCCCCC(=O)O)c1. The zero-order valence-corrected chi connectivity index (χ0v) is 33.7. The van der Waals surface area contributed by atoms with E-state index in [2.05, 4.69) is 48.6 Å². The molecule has 0 saturated carbocycles. The molecule has 3 N–H and O–H groups in total. The predicted octanol–water partition coefficient (Wildman–Crippen LogP) is 13.3. The topological polar surface area (TPSA) is 113 Å². The predicted molar refractivity (Wildman–Crippen MR) is 224 cm³/mol. The van der Waals surface area contributed by atoms with E-state index in [-0.39, 0.29) is 6.61 Å². The Morgan fingerprint density at radius 3 is 1.07 bits per heavy atom. The van der Waals surface area contributed by atoms with E-state index in [4.69, 9.17) is 19.7 Å². The third-order valence-corrected chi connectivity index (χ3v) is 9.42. The van der Waals surface area contributed by atoms with Gasteiger partial charge in [-0.25, -0.2) is 0 Å². The van der Waals surface area contributed by atoms with Crippen LogP contribution in [0.4, 0.5) is 0 Å². The molecule has 7 nitrogen and oxygen atoms in total. The summed E-state index contributed by atoms with van der Waals surface area (Å²) in [4.78, 5) is 21.0. The molecule has 0 aliphatic heterocycles. The van der Waals surface area contributed by atoms with E-state index in [1.807, 2.05) is 18.2 Å². The number of carboxylic acid groups (broad SMARTS) is 2. The summed E-state index contributed by atoms with van der Waals surface area (Å²) in [6.45, 7) is 1.33. The van der Waals surface area contributed by atoms with Crippen LogP contribution >= 0.6 is 0 Å². The van der Waals surface area contributed by atoms with Gasteiger partial charge in [0.15, 0.2) is 0 Å². The number of aliphatic carboxylic acids is 2. The molecule has 0 aromatic heterocycles. The zero-order valence-electron chi connectivity index (χ0n) is 33.7. The summed E-state index contributed by atoms with van der Waals surface area (Å²) in [5.41, 5.74) is 0.818. The van der Waals surface area contributed by atoms with Crippen LogP contribution in [0.2, 0.25) is 0 Å². The number of carbonyl (C=O) groups is 2. The van der Waals surface area contributed by atoms with Gasteiger partial charge < -0.3 is 24.8 Å². The number of rotatable bonds is 39. The summed E-state index contributed by atoms with van der Waals surface area (Å²) in [5, 5.41) is 27.0. The van der Waals surface area contributed by atoms with Crippen molar-refractivity contribution in [3.63, 3.8) is 0 Å². The van der Waals surface area contributed by atoms with Crippen molar-refractivity contribution in [2.24, 2.45) is 0 Å². The molecule has 7 heteroatoms. The highest BCUT2D eigenvalue weighted by atomic mass is 16.5. The number of allylic oxidation sites excluding steroid dienone is 8. The lowest BCUT2D eigenvalue weighted by Gasteiger charge is -2.12. The fraction of sp³-hybridized carbons (Fsp3) is 0.660. The van der Waals surface area contributed by atoms with Gasteiger partial charge in [0.05, 0.1) is 19.8 Å². The average molecular weight is 753 g/mol. The Balaban J connectivity index is 1.98. The third-order valence-electron chi connectivity index (χ3n) is 9.42. The number of hydrogen-bond acceptors (Lipinski definition) is 5. The first-order valence-corrected chi connectivity index (χ1v) is 21.5. The molecule has 0 saturated heterocycles. The molecule has 306 valence electrons. The molecule has 0 spiro atoms. The van der Waals surface area contributed by atoms with Crippen LogP contribution in [0.1, 0.15) is 185 Å². The van der Waals surface area contributed by atoms with Crippen molar-refractivity contribution in [2.45, 2.75) is 186 Å². The maximum absolute atomic E-state index is 10.5. The number of aliphatic hydroxyl groups is 1. The molecule has 0 aliphatic rings. The summed E-state index contributed by atoms with van der Waals surface area (Å²) in [5.74, 6) is 0.171. The lowest BCUT2D eigenvalue weighted by atomic mass is 10.1. The first-order chi connectivity index (χ1) is 26.5. The molecule has 1 aromatic carbocycles. The van der Waals surface area contributed by atoms with Gasteiger partial charge in [0, 0.05) is 18.9 Å². The van der Waals surface area contributed by atoms with E-state index >= 15 is 0 Å². The van der Waals surface area contributed by atoms with Crippen LogP contribution in [0.5, 0.6) is 11.5 Å². The minimum atomic E-state index is -0.687. The second-order valence-corrected chi connectivity index (χ2v) is 14.5. The van der Waals surface area contributed by atoms with E-state index in [1.165, 1.54) is 64.2 Å². The van der Waals surface area contributed by atoms with Crippen LogP contribution in [0, 0.1) is 0 Å². The van der Waals surface area contributed by atoms with Gasteiger partial charge in [0.1, 0.15) is 11.5 Å². The van der Waals surface area contributed by atoms with Gasteiger partial charge in [0.25, 0.3) is 0 Å². The molecule has 0 aliphatic carbocycles. The Labute approximate surface area is 329 Å². The highest BCUT2D eigenvalue weighted by Crippen LogP contribution is 2.24. The van der Waals surface area contributed by atoms with Gasteiger partial charge >= 0.3 is 11.9 Å². The molecule has 0 amide bonds. The molecule has 0 fully saturated rings. The molecule has 0 radical (unpaired) electrons. The van der Waals surface area contributed by atoms with Crippen LogP contribution in [-0.2, 0) is 16.2 Å². The molecule has 1 aromatic rings. The molecule has 0 heterocycles. The summed E-state index contributed by atoms with van der Waals surface area (Å²) >= 11 is 0. The van der Waals surface area contributed by atoms with Gasteiger partial charge in [0.2, 0.25) is 0 Å². The van der Waals surface area contributed by atoms with Gasteiger partial charge in [-0.2, -0.15) is 0 Å². The zero-order chi connectivity index (χ0) is 39.0. The number of hydrogen-bond donors (Lipinski definition) is 3. The minimum Gasteiger partial charge on any atom is -0.493 e.